The quantitative estimate of drug-likeness (QED) is 0.903. The van der Waals surface area contributed by atoms with Gasteiger partial charge in [-0.05, 0) is 38.7 Å². The summed E-state index contributed by atoms with van der Waals surface area (Å²) in [6, 6.07) is 0.489. The first-order valence-corrected chi connectivity index (χ1v) is 6.67. The normalized spacial score (nSPS) is 17.3. The van der Waals surface area contributed by atoms with Gasteiger partial charge in [-0.2, -0.15) is 0 Å². The smallest absolute Gasteiger partial charge is 0.146 e. The van der Waals surface area contributed by atoms with E-state index in [4.69, 9.17) is 5.73 Å². The molecule has 1 atom stereocenters. The second-order valence-corrected chi connectivity index (χ2v) is 5.57. The Balaban J connectivity index is 2.15. The summed E-state index contributed by atoms with van der Waals surface area (Å²) >= 11 is 0. The fourth-order valence-corrected chi connectivity index (χ4v) is 2.93. The number of nitrogen functional groups attached to an aromatic ring is 1. The zero-order chi connectivity index (χ0) is 12.9. The van der Waals surface area contributed by atoms with Crippen molar-refractivity contribution in [1.29, 1.82) is 0 Å². The molecule has 96 valence electrons. The van der Waals surface area contributed by atoms with Gasteiger partial charge in [0, 0.05) is 11.7 Å². The topological polar surface area (TPSA) is 56.7 Å². The summed E-state index contributed by atoms with van der Waals surface area (Å²) in [5.41, 5.74) is 9.46. The van der Waals surface area contributed by atoms with Crippen molar-refractivity contribution in [3.05, 3.63) is 17.6 Å². The summed E-state index contributed by atoms with van der Waals surface area (Å²) in [5.74, 6) is 1.51. The van der Waals surface area contributed by atoms with Crippen LogP contribution in [-0.4, -0.2) is 14.5 Å². The molecule has 1 fully saturated rings. The maximum atomic E-state index is 5.99. The number of nitrogens with two attached hydrogens (primary N) is 1. The molecule has 1 unspecified atom stereocenters. The molecule has 18 heavy (non-hydrogen) atoms. The Bertz CT molecular complexity index is 595. The number of aryl methyl sites for hydroxylation is 1. The first kappa shape index (κ1) is 11.5. The number of hydrogen-bond acceptors (Lipinski definition) is 3. The highest BCUT2D eigenvalue weighted by molar-refractivity contribution is 5.90. The van der Waals surface area contributed by atoms with E-state index in [0.29, 0.717) is 11.9 Å². The predicted octanol–water partition coefficient (Wildman–Crippen LogP) is 2.99. The molecular formula is C14H20N4. The highest BCUT2D eigenvalue weighted by Gasteiger charge is 2.26. The van der Waals surface area contributed by atoms with Gasteiger partial charge in [0.15, 0.2) is 0 Å². The van der Waals surface area contributed by atoms with E-state index in [1.54, 1.807) is 6.33 Å². The first-order chi connectivity index (χ1) is 8.59. The van der Waals surface area contributed by atoms with Crippen molar-refractivity contribution in [2.24, 2.45) is 5.92 Å². The van der Waals surface area contributed by atoms with Gasteiger partial charge in [-0.1, -0.05) is 12.8 Å². The summed E-state index contributed by atoms with van der Waals surface area (Å²) < 4.78 is 2.33. The predicted molar refractivity (Wildman–Crippen MR) is 73.5 cm³/mol. The minimum atomic E-state index is 0.489. The van der Waals surface area contributed by atoms with Crippen LogP contribution in [0.25, 0.3) is 11.0 Å². The lowest BCUT2D eigenvalue weighted by Crippen LogP contribution is -2.08. The molecule has 0 bridgehead atoms. The largest absolute Gasteiger partial charge is 0.383 e. The molecule has 4 nitrogen and oxygen atoms in total. The highest BCUT2D eigenvalue weighted by Crippen LogP contribution is 2.39. The van der Waals surface area contributed by atoms with Crippen LogP contribution in [0.4, 0.5) is 5.82 Å². The first-order valence-electron chi connectivity index (χ1n) is 6.67. The monoisotopic (exact) mass is 244 g/mol. The second-order valence-electron chi connectivity index (χ2n) is 5.57. The van der Waals surface area contributed by atoms with Gasteiger partial charge in [-0.3, -0.25) is 0 Å². The van der Waals surface area contributed by atoms with Gasteiger partial charge in [0.05, 0.1) is 5.39 Å². The van der Waals surface area contributed by atoms with Gasteiger partial charge in [0.2, 0.25) is 0 Å². The third-order valence-corrected chi connectivity index (χ3v) is 4.18. The van der Waals surface area contributed by atoms with Crippen molar-refractivity contribution >= 4 is 16.9 Å². The second kappa shape index (κ2) is 3.97. The molecule has 0 aromatic carbocycles. The molecule has 1 saturated carbocycles. The molecule has 1 aliphatic carbocycles. The van der Waals surface area contributed by atoms with Gasteiger partial charge in [0.25, 0.3) is 0 Å². The van der Waals surface area contributed by atoms with Crippen molar-refractivity contribution in [1.82, 2.24) is 14.5 Å². The average molecular weight is 244 g/mol. The van der Waals surface area contributed by atoms with E-state index in [-0.39, 0.29) is 0 Å². The maximum absolute atomic E-state index is 5.99. The van der Waals surface area contributed by atoms with Crippen molar-refractivity contribution in [3.8, 4) is 0 Å². The van der Waals surface area contributed by atoms with Crippen LogP contribution in [-0.2, 0) is 0 Å². The Labute approximate surface area is 107 Å². The lowest BCUT2D eigenvalue weighted by Gasteiger charge is -2.16. The summed E-state index contributed by atoms with van der Waals surface area (Å²) in [6.07, 6.45) is 5.59. The Morgan fingerprint density at radius 1 is 1.39 bits per heavy atom. The van der Waals surface area contributed by atoms with Crippen LogP contribution in [0.1, 0.15) is 43.5 Å². The Morgan fingerprint density at radius 2 is 2.11 bits per heavy atom. The SMILES string of the molecule is Cc1c(C)n(C(C)CC2CC2)c2ncnc(N)c12. The maximum Gasteiger partial charge on any atom is 0.146 e. The summed E-state index contributed by atoms with van der Waals surface area (Å²) in [4.78, 5) is 8.55. The van der Waals surface area contributed by atoms with E-state index in [0.717, 1.165) is 17.0 Å². The van der Waals surface area contributed by atoms with Gasteiger partial charge in [-0.15, -0.1) is 0 Å². The van der Waals surface area contributed by atoms with Crippen LogP contribution in [0.3, 0.4) is 0 Å². The third-order valence-electron chi connectivity index (χ3n) is 4.18. The molecule has 0 amide bonds. The lowest BCUT2D eigenvalue weighted by molar-refractivity contribution is 0.479. The lowest BCUT2D eigenvalue weighted by atomic mass is 10.1. The van der Waals surface area contributed by atoms with Gasteiger partial charge >= 0.3 is 0 Å². The fraction of sp³-hybridized carbons (Fsp3) is 0.571. The van der Waals surface area contributed by atoms with Crippen molar-refractivity contribution in [3.63, 3.8) is 0 Å². The number of nitrogens with zero attached hydrogens (tertiary/aromatic N) is 3. The van der Waals surface area contributed by atoms with Crippen molar-refractivity contribution in [2.45, 2.75) is 46.1 Å². The number of aromatic nitrogens is 3. The van der Waals surface area contributed by atoms with Crippen LogP contribution in [0, 0.1) is 19.8 Å². The fourth-order valence-electron chi connectivity index (χ4n) is 2.93. The zero-order valence-electron chi connectivity index (χ0n) is 11.3. The van der Waals surface area contributed by atoms with Crippen LogP contribution < -0.4 is 5.73 Å². The van der Waals surface area contributed by atoms with Crippen molar-refractivity contribution in [2.75, 3.05) is 5.73 Å². The standard InChI is InChI=1S/C14H20N4/c1-8(6-11-4-5-11)18-10(3)9(2)12-13(15)16-7-17-14(12)18/h7-8,11H,4-6H2,1-3H3,(H2,15,16,17). The van der Waals surface area contributed by atoms with Gasteiger partial charge in [0.1, 0.15) is 17.8 Å². The Hall–Kier alpha value is -1.58. The minimum absolute atomic E-state index is 0.489. The number of fused-ring (bicyclic) bond motifs is 1. The number of anilines is 1. The number of hydrogen-bond donors (Lipinski definition) is 1. The molecule has 2 N–H and O–H groups in total. The summed E-state index contributed by atoms with van der Waals surface area (Å²) in [7, 11) is 0. The molecule has 0 aliphatic heterocycles. The van der Waals surface area contributed by atoms with Gasteiger partial charge < -0.3 is 10.3 Å². The van der Waals surface area contributed by atoms with E-state index in [2.05, 4.69) is 35.3 Å². The molecular weight excluding hydrogens is 224 g/mol. The van der Waals surface area contributed by atoms with Crippen molar-refractivity contribution < 1.29 is 0 Å². The molecule has 0 spiro atoms. The molecule has 3 rings (SSSR count). The average Bonchev–Trinajstić information content (AvgIpc) is 3.08. The van der Waals surface area contributed by atoms with E-state index in [1.807, 2.05) is 0 Å². The summed E-state index contributed by atoms with van der Waals surface area (Å²) in [5, 5.41) is 1.03. The Morgan fingerprint density at radius 3 is 2.78 bits per heavy atom. The molecule has 2 aromatic heterocycles. The Kier molecular flexibility index (Phi) is 2.54. The highest BCUT2D eigenvalue weighted by atomic mass is 15.1. The van der Waals surface area contributed by atoms with E-state index in [9.17, 15) is 0 Å². The summed E-state index contributed by atoms with van der Waals surface area (Å²) in [6.45, 7) is 6.54. The van der Waals surface area contributed by atoms with Gasteiger partial charge in [-0.25, -0.2) is 9.97 Å². The van der Waals surface area contributed by atoms with Crippen LogP contribution in [0.5, 0.6) is 0 Å². The van der Waals surface area contributed by atoms with E-state index >= 15 is 0 Å². The van der Waals surface area contributed by atoms with Crippen LogP contribution in [0.15, 0.2) is 6.33 Å². The molecule has 2 heterocycles. The zero-order valence-corrected chi connectivity index (χ0v) is 11.3. The molecule has 0 radical (unpaired) electrons. The van der Waals surface area contributed by atoms with Crippen LogP contribution in [0.2, 0.25) is 0 Å². The molecule has 2 aromatic rings. The molecule has 0 saturated heterocycles. The van der Waals surface area contributed by atoms with Crippen LogP contribution >= 0.6 is 0 Å². The number of rotatable bonds is 3. The van der Waals surface area contributed by atoms with E-state index < -0.39 is 0 Å². The minimum Gasteiger partial charge on any atom is -0.383 e. The molecule has 4 heteroatoms. The molecule has 1 aliphatic rings. The van der Waals surface area contributed by atoms with E-state index in [1.165, 1.54) is 30.5 Å². The third kappa shape index (κ3) is 1.67.